The molecule has 0 amide bonds. The van der Waals surface area contributed by atoms with Crippen molar-refractivity contribution in [3.05, 3.63) is 0 Å². The van der Waals surface area contributed by atoms with Gasteiger partial charge in [-0.05, 0) is 56.8 Å². The van der Waals surface area contributed by atoms with Gasteiger partial charge >= 0.3 is 0 Å². The number of rotatable bonds is 4. The van der Waals surface area contributed by atoms with E-state index in [9.17, 15) is 8.42 Å². The minimum atomic E-state index is -2.93. The molecule has 1 saturated carbocycles. The van der Waals surface area contributed by atoms with Crippen LogP contribution in [0.2, 0.25) is 0 Å². The van der Waals surface area contributed by atoms with E-state index in [-0.39, 0.29) is 11.3 Å². The van der Waals surface area contributed by atoms with Gasteiger partial charge < -0.3 is 5.73 Å². The number of sulfone groups is 1. The van der Waals surface area contributed by atoms with Gasteiger partial charge in [0.25, 0.3) is 0 Å². The van der Waals surface area contributed by atoms with Gasteiger partial charge in [-0.15, -0.1) is 0 Å². The summed E-state index contributed by atoms with van der Waals surface area (Å²) in [6, 6.07) is 0.181. The Morgan fingerprint density at radius 2 is 1.79 bits per heavy atom. The zero-order valence-corrected chi connectivity index (χ0v) is 14.0. The quantitative estimate of drug-likeness (QED) is 0.865. The number of nitrogens with two attached hydrogens (primary N) is 1. The molecule has 19 heavy (non-hydrogen) atoms. The highest BCUT2D eigenvalue weighted by atomic mass is 32.2. The SMILES string of the molecule is CC(C)S(=O)(=O)CCC1CC(C(C)(C)C)CCC1N. The summed E-state index contributed by atoms with van der Waals surface area (Å²) in [7, 11) is -2.93. The average molecular weight is 289 g/mol. The van der Waals surface area contributed by atoms with Crippen LogP contribution in [-0.4, -0.2) is 25.5 Å². The number of hydrogen-bond donors (Lipinski definition) is 1. The predicted molar refractivity (Wildman–Crippen MR) is 81.8 cm³/mol. The first-order valence-electron chi connectivity index (χ1n) is 7.51. The molecule has 0 aliphatic heterocycles. The van der Waals surface area contributed by atoms with E-state index in [1.807, 2.05) is 0 Å². The Bertz CT molecular complexity index is 381. The van der Waals surface area contributed by atoms with E-state index in [1.54, 1.807) is 13.8 Å². The standard InChI is InChI=1S/C15H31NO2S/c1-11(2)19(17,18)9-8-12-10-13(15(3,4)5)6-7-14(12)16/h11-14H,6-10,16H2,1-5H3. The van der Waals surface area contributed by atoms with Crippen LogP contribution in [0.15, 0.2) is 0 Å². The van der Waals surface area contributed by atoms with Crippen LogP contribution in [0, 0.1) is 17.3 Å². The first kappa shape index (κ1) is 17.0. The Morgan fingerprint density at radius 3 is 2.26 bits per heavy atom. The van der Waals surface area contributed by atoms with Crippen molar-refractivity contribution in [2.24, 2.45) is 23.0 Å². The highest BCUT2D eigenvalue weighted by Crippen LogP contribution is 2.40. The van der Waals surface area contributed by atoms with E-state index in [2.05, 4.69) is 20.8 Å². The first-order valence-corrected chi connectivity index (χ1v) is 9.22. The van der Waals surface area contributed by atoms with Crippen molar-refractivity contribution in [2.45, 2.75) is 71.6 Å². The molecule has 0 heterocycles. The lowest BCUT2D eigenvalue weighted by Crippen LogP contribution is -2.40. The number of hydrogen-bond acceptors (Lipinski definition) is 3. The highest BCUT2D eigenvalue weighted by molar-refractivity contribution is 7.91. The summed E-state index contributed by atoms with van der Waals surface area (Å²) >= 11 is 0. The molecule has 0 aromatic heterocycles. The van der Waals surface area contributed by atoms with Crippen LogP contribution in [0.5, 0.6) is 0 Å². The fourth-order valence-electron chi connectivity index (χ4n) is 2.96. The van der Waals surface area contributed by atoms with E-state index in [0.717, 1.165) is 19.3 Å². The van der Waals surface area contributed by atoms with Crippen LogP contribution in [-0.2, 0) is 9.84 Å². The lowest BCUT2D eigenvalue weighted by Gasteiger charge is -2.40. The molecule has 3 unspecified atom stereocenters. The van der Waals surface area contributed by atoms with Gasteiger partial charge in [-0.25, -0.2) is 8.42 Å². The molecule has 1 aliphatic carbocycles. The second-order valence-electron chi connectivity index (χ2n) is 7.50. The lowest BCUT2D eigenvalue weighted by atomic mass is 9.67. The van der Waals surface area contributed by atoms with Crippen LogP contribution in [0.3, 0.4) is 0 Å². The Kier molecular flexibility index (Phi) is 5.47. The first-order chi connectivity index (χ1) is 8.54. The van der Waals surface area contributed by atoms with Crippen molar-refractivity contribution >= 4 is 9.84 Å². The zero-order chi connectivity index (χ0) is 14.8. The minimum absolute atomic E-state index is 0.181. The van der Waals surface area contributed by atoms with E-state index in [4.69, 9.17) is 5.73 Å². The monoisotopic (exact) mass is 289 g/mol. The summed E-state index contributed by atoms with van der Waals surface area (Å²) in [5.74, 6) is 1.32. The van der Waals surface area contributed by atoms with Gasteiger partial charge in [0.1, 0.15) is 0 Å². The third kappa shape index (κ3) is 4.75. The molecule has 0 spiro atoms. The summed E-state index contributed by atoms with van der Waals surface area (Å²) < 4.78 is 23.8. The lowest BCUT2D eigenvalue weighted by molar-refractivity contribution is 0.125. The molecule has 1 fully saturated rings. The second kappa shape index (κ2) is 6.13. The third-order valence-corrected chi connectivity index (χ3v) is 7.00. The Labute approximate surface area is 119 Å². The van der Waals surface area contributed by atoms with Crippen LogP contribution >= 0.6 is 0 Å². The van der Waals surface area contributed by atoms with Gasteiger partial charge in [-0.1, -0.05) is 20.8 Å². The topological polar surface area (TPSA) is 60.2 Å². The van der Waals surface area contributed by atoms with Crippen LogP contribution < -0.4 is 5.73 Å². The molecule has 0 aromatic carbocycles. The minimum Gasteiger partial charge on any atom is -0.327 e. The zero-order valence-electron chi connectivity index (χ0n) is 13.1. The Balaban J connectivity index is 2.61. The summed E-state index contributed by atoms with van der Waals surface area (Å²) in [5, 5.41) is -0.272. The molecular formula is C15H31NO2S. The summed E-state index contributed by atoms with van der Waals surface area (Å²) in [6.45, 7) is 10.3. The maximum Gasteiger partial charge on any atom is 0.152 e. The van der Waals surface area contributed by atoms with Gasteiger partial charge in [0, 0.05) is 6.04 Å². The molecule has 1 rings (SSSR count). The molecule has 3 nitrogen and oxygen atoms in total. The van der Waals surface area contributed by atoms with Crippen molar-refractivity contribution in [3.8, 4) is 0 Å². The molecule has 1 aliphatic rings. The van der Waals surface area contributed by atoms with Gasteiger partial charge in [0.05, 0.1) is 11.0 Å². The molecule has 114 valence electrons. The Hall–Kier alpha value is -0.0900. The summed E-state index contributed by atoms with van der Waals surface area (Å²) in [5.41, 5.74) is 6.50. The molecule has 0 radical (unpaired) electrons. The van der Waals surface area contributed by atoms with Crippen molar-refractivity contribution in [1.82, 2.24) is 0 Å². The van der Waals surface area contributed by atoms with Crippen LogP contribution in [0.4, 0.5) is 0 Å². The molecule has 0 aromatic rings. The molecule has 4 heteroatoms. The second-order valence-corrected chi connectivity index (χ2v) is 10.2. The fraction of sp³-hybridized carbons (Fsp3) is 1.00. The molecular weight excluding hydrogens is 258 g/mol. The van der Waals surface area contributed by atoms with Gasteiger partial charge in [-0.3, -0.25) is 0 Å². The molecule has 0 saturated heterocycles. The predicted octanol–water partition coefficient (Wildman–Crippen LogP) is 2.99. The van der Waals surface area contributed by atoms with Gasteiger partial charge in [0.2, 0.25) is 0 Å². The molecule has 2 N–H and O–H groups in total. The maximum atomic E-state index is 11.9. The third-order valence-electron chi connectivity index (χ3n) is 4.76. The summed E-state index contributed by atoms with van der Waals surface area (Å²) in [4.78, 5) is 0. The molecule has 0 bridgehead atoms. The van der Waals surface area contributed by atoms with Gasteiger partial charge in [0.15, 0.2) is 9.84 Å². The van der Waals surface area contributed by atoms with Crippen LogP contribution in [0.25, 0.3) is 0 Å². The largest absolute Gasteiger partial charge is 0.327 e. The van der Waals surface area contributed by atoms with Crippen molar-refractivity contribution < 1.29 is 8.42 Å². The summed E-state index contributed by atoms with van der Waals surface area (Å²) in [6.07, 6.45) is 4.03. The maximum absolute atomic E-state index is 11.9. The normalized spacial score (nSPS) is 29.7. The van der Waals surface area contributed by atoms with E-state index >= 15 is 0 Å². The molecule has 3 atom stereocenters. The van der Waals surface area contributed by atoms with Crippen LogP contribution in [0.1, 0.15) is 60.3 Å². The van der Waals surface area contributed by atoms with E-state index in [1.165, 1.54) is 6.42 Å². The van der Waals surface area contributed by atoms with E-state index < -0.39 is 9.84 Å². The average Bonchev–Trinajstić information content (AvgIpc) is 2.26. The highest BCUT2D eigenvalue weighted by Gasteiger charge is 2.34. The Morgan fingerprint density at radius 1 is 1.21 bits per heavy atom. The fourth-order valence-corrected chi connectivity index (χ4v) is 4.06. The smallest absolute Gasteiger partial charge is 0.152 e. The van der Waals surface area contributed by atoms with Crippen molar-refractivity contribution in [1.29, 1.82) is 0 Å². The van der Waals surface area contributed by atoms with Gasteiger partial charge in [-0.2, -0.15) is 0 Å². The van der Waals surface area contributed by atoms with E-state index in [0.29, 0.717) is 23.0 Å². The van der Waals surface area contributed by atoms with Crippen molar-refractivity contribution in [2.75, 3.05) is 5.75 Å². The van der Waals surface area contributed by atoms with Crippen molar-refractivity contribution in [3.63, 3.8) is 0 Å².